The number of carbonyl (C=O) groups is 2. The maximum atomic E-state index is 12.8. The largest absolute Gasteiger partial charge is 0.462 e. The van der Waals surface area contributed by atoms with Gasteiger partial charge in [-0.25, -0.2) is 0 Å². The van der Waals surface area contributed by atoms with E-state index in [4.69, 9.17) is 14.2 Å². The van der Waals surface area contributed by atoms with Crippen LogP contribution in [0, 0.1) is 0 Å². The first-order valence-electron chi connectivity index (χ1n) is 26.2. The van der Waals surface area contributed by atoms with Crippen LogP contribution in [0.4, 0.5) is 0 Å². The minimum absolute atomic E-state index is 0.0806. The summed E-state index contributed by atoms with van der Waals surface area (Å²) >= 11 is 0. The zero-order valence-corrected chi connectivity index (χ0v) is 40.2. The molecule has 60 heavy (non-hydrogen) atoms. The Labute approximate surface area is 373 Å². The molecule has 0 saturated carbocycles. The number of esters is 2. The minimum Gasteiger partial charge on any atom is -0.462 e. The molecular formula is C55H100O5. The number of hydrogen-bond donors (Lipinski definition) is 0. The van der Waals surface area contributed by atoms with E-state index in [0.29, 0.717) is 19.4 Å². The Balaban J connectivity index is 4.22. The summed E-state index contributed by atoms with van der Waals surface area (Å²) in [7, 11) is 0. The van der Waals surface area contributed by atoms with E-state index in [2.05, 4.69) is 69.4 Å². The lowest BCUT2D eigenvalue weighted by Gasteiger charge is -2.18. The molecule has 5 nitrogen and oxygen atoms in total. The van der Waals surface area contributed by atoms with E-state index in [1.165, 1.54) is 167 Å². The Kier molecular flexibility index (Phi) is 49.4. The number of carbonyl (C=O) groups excluding carboxylic acids is 2. The van der Waals surface area contributed by atoms with E-state index in [-0.39, 0.29) is 25.2 Å². The molecule has 0 aromatic carbocycles. The molecule has 0 amide bonds. The van der Waals surface area contributed by atoms with E-state index in [1.807, 2.05) is 0 Å². The highest BCUT2D eigenvalue weighted by Gasteiger charge is 2.17. The molecule has 0 bridgehead atoms. The first-order valence-corrected chi connectivity index (χ1v) is 26.2. The Morgan fingerprint density at radius 1 is 0.367 bits per heavy atom. The number of rotatable bonds is 48. The number of allylic oxidation sites excluding steroid dienone is 8. The molecule has 1 unspecified atom stereocenters. The van der Waals surface area contributed by atoms with Gasteiger partial charge in [-0.1, -0.05) is 217 Å². The van der Waals surface area contributed by atoms with Crippen LogP contribution < -0.4 is 0 Å². The Hall–Kier alpha value is -2.14. The highest BCUT2D eigenvalue weighted by Crippen LogP contribution is 2.14. The maximum Gasteiger partial charge on any atom is 0.306 e. The van der Waals surface area contributed by atoms with Crippen LogP contribution in [0.3, 0.4) is 0 Å². The van der Waals surface area contributed by atoms with Crippen molar-refractivity contribution in [2.75, 3.05) is 19.8 Å². The Morgan fingerprint density at radius 2 is 0.700 bits per heavy atom. The van der Waals surface area contributed by atoms with Crippen molar-refractivity contribution in [3.8, 4) is 0 Å². The molecule has 0 aliphatic heterocycles. The van der Waals surface area contributed by atoms with E-state index < -0.39 is 6.10 Å². The van der Waals surface area contributed by atoms with Crippen molar-refractivity contribution >= 4 is 11.9 Å². The van der Waals surface area contributed by atoms with E-state index in [0.717, 1.165) is 64.2 Å². The summed E-state index contributed by atoms with van der Waals surface area (Å²) in [6.07, 6.45) is 62.5. The first kappa shape index (κ1) is 57.9. The monoisotopic (exact) mass is 841 g/mol. The molecule has 0 N–H and O–H groups in total. The molecule has 0 saturated heterocycles. The normalized spacial score (nSPS) is 12.5. The summed E-state index contributed by atoms with van der Waals surface area (Å²) in [5.41, 5.74) is 0. The molecule has 0 radical (unpaired) electrons. The lowest BCUT2D eigenvalue weighted by molar-refractivity contribution is -0.163. The molecule has 0 spiro atoms. The van der Waals surface area contributed by atoms with Gasteiger partial charge in [-0.2, -0.15) is 0 Å². The van der Waals surface area contributed by atoms with Crippen molar-refractivity contribution in [3.05, 3.63) is 48.6 Å². The van der Waals surface area contributed by atoms with Gasteiger partial charge in [0.05, 0.1) is 6.61 Å². The summed E-state index contributed by atoms with van der Waals surface area (Å²) in [6.45, 7) is 7.79. The summed E-state index contributed by atoms with van der Waals surface area (Å²) in [5.74, 6) is -0.405. The van der Waals surface area contributed by atoms with Gasteiger partial charge in [0.25, 0.3) is 0 Å². The van der Waals surface area contributed by atoms with Gasteiger partial charge in [0.1, 0.15) is 6.61 Å². The van der Waals surface area contributed by atoms with Crippen LogP contribution in [0.2, 0.25) is 0 Å². The highest BCUT2D eigenvalue weighted by atomic mass is 16.6. The van der Waals surface area contributed by atoms with Crippen molar-refractivity contribution in [1.82, 2.24) is 0 Å². The zero-order chi connectivity index (χ0) is 43.5. The molecule has 0 aliphatic rings. The molecule has 1 atom stereocenters. The average molecular weight is 841 g/mol. The molecule has 0 aliphatic carbocycles. The van der Waals surface area contributed by atoms with Crippen molar-refractivity contribution < 1.29 is 23.8 Å². The summed E-state index contributed by atoms with van der Waals surface area (Å²) in [5, 5.41) is 0. The molecule has 350 valence electrons. The van der Waals surface area contributed by atoms with Gasteiger partial charge >= 0.3 is 11.9 Å². The second-order valence-corrected chi connectivity index (χ2v) is 17.4. The van der Waals surface area contributed by atoms with Gasteiger partial charge < -0.3 is 14.2 Å². The van der Waals surface area contributed by atoms with E-state index in [9.17, 15) is 9.59 Å². The average Bonchev–Trinajstić information content (AvgIpc) is 3.25. The molecule has 0 heterocycles. The predicted molar refractivity (Wildman–Crippen MR) is 261 cm³/mol. The summed E-state index contributed by atoms with van der Waals surface area (Å²) in [6, 6.07) is 0. The van der Waals surface area contributed by atoms with Crippen molar-refractivity contribution in [2.45, 2.75) is 271 Å². The molecule has 0 fully saturated rings. The second-order valence-electron chi connectivity index (χ2n) is 17.4. The maximum absolute atomic E-state index is 12.8. The molecule has 0 aromatic heterocycles. The zero-order valence-electron chi connectivity index (χ0n) is 40.2. The quantitative estimate of drug-likeness (QED) is 0.0347. The summed E-state index contributed by atoms with van der Waals surface area (Å²) in [4.78, 5) is 25.4. The van der Waals surface area contributed by atoms with Crippen molar-refractivity contribution in [1.29, 1.82) is 0 Å². The standard InChI is InChI=1S/C55H100O5/c1-4-7-10-13-16-19-22-24-26-28-30-32-34-36-39-42-45-48-54(56)59-52-53(51-58-50-47-44-41-38-21-18-15-12-9-6-3)60-55(57)49-46-43-40-37-35-33-31-29-27-25-23-20-17-14-11-8-5-2/h16-17,19-20,24-27,53H,4-15,18,21-23,28-52H2,1-3H3/b19-16-,20-17-,26-24-,27-25-. The van der Waals surface area contributed by atoms with Crippen LogP contribution in [0.1, 0.15) is 265 Å². The molecular weight excluding hydrogens is 741 g/mol. The van der Waals surface area contributed by atoms with E-state index in [1.54, 1.807) is 0 Å². The van der Waals surface area contributed by atoms with Crippen LogP contribution in [0.25, 0.3) is 0 Å². The predicted octanol–water partition coefficient (Wildman–Crippen LogP) is 17.6. The third-order valence-corrected chi connectivity index (χ3v) is 11.3. The van der Waals surface area contributed by atoms with E-state index >= 15 is 0 Å². The second kappa shape index (κ2) is 51.2. The van der Waals surface area contributed by atoms with Crippen LogP contribution in [0.15, 0.2) is 48.6 Å². The molecule has 5 heteroatoms. The topological polar surface area (TPSA) is 61.8 Å². The van der Waals surface area contributed by atoms with Crippen molar-refractivity contribution in [2.24, 2.45) is 0 Å². The lowest BCUT2D eigenvalue weighted by Crippen LogP contribution is -2.30. The van der Waals surface area contributed by atoms with Crippen LogP contribution in [-0.4, -0.2) is 37.9 Å². The minimum atomic E-state index is -0.540. The van der Waals surface area contributed by atoms with Gasteiger partial charge in [0.15, 0.2) is 6.10 Å². The first-order chi connectivity index (χ1) is 29.6. The molecule has 0 rings (SSSR count). The SMILES string of the molecule is CCCCC/C=C\C/C=C\CCCCCCCCCC(=O)OCC(COCCCCCCCCCCCC)OC(=O)CCCCCCCCC/C=C\C/C=C\CCCCC. The van der Waals surface area contributed by atoms with Crippen LogP contribution in [-0.2, 0) is 23.8 Å². The van der Waals surface area contributed by atoms with Gasteiger partial charge in [-0.3, -0.25) is 9.59 Å². The van der Waals surface area contributed by atoms with Crippen LogP contribution in [0.5, 0.6) is 0 Å². The lowest BCUT2D eigenvalue weighted by atomic mass is 10.1. The van der Waals surface area contributed by atoms with Gasteiger partial charge in [0, 0.05) is 19.4 Å². The van der Waals surface area contributed by atoms with Gasteiger partial charge in [-0.05, 0) is 83.5 Å². The molecule has 0 aromatic rings. The Bertz CT molecular complexity index is 997. The fourth-order valence-electron chi connectivity index (χ4n) is 7.39. The van der Waals surface area contributed by atoms with Gasteiger partial charge in [-0.15, -0.1) is 0 Å². The highest BCUT2D eigenvalue weighted by molar-refractivity contribution is 5.70. The summed E-state index contributed by atoms with van der Waals surface area (Å²) < 4.78 is 17.4. The number of hydrogen-bond acceptors (Lipinski definition) is 5. The fraction of sp³-hybridized carbons (Fsp3) is 0.818. The van der Waals surface area contributed by atoms with Crippen LogP contribution >= 0.6 is 0 Å². The number of ether oxygens (including phenoxy) is 3. The third kappa shape index (κ3) is 48.5. The van der Waals surface area contributed by atoms with Gasteiger partial charge in [0.2, 0.25) is 0 Å². The van der Waals surface area contributed by atoms with Crippen molar-refractivity contribution in [3.63, 3.8) is 0 Å². The number of unbranched alkanes of at least 4 members (excludes halogenated alkanes) is 29. The smallest absolute Gasteiger partial charge is 0.306 e. The third-order valence-electron chi connectivity index (χ3n) is 11.3. The fourth-order valence-corrected chi connectivity index (χ4v) is 7.39. The Morgan fingerprint density at radius 3 is 1.13 bits per heavy atom.